The van der Waals surface area contributed by atoms with Gasteiger partial charge in [-0.2, -0.15) is 0 Å². The Morgan fingerprint density at radius 2 is 1.79 bits per heavy atom. The van der Waals surface area contributed by atoms with Gasteiger partial charge in [0.2, 0.25) is 0 Å². The maximum absolute atomic E-state index is 12.1. The largest absolute Gasteiger partial charge is 0.486 e. The van der Waals surface area contributed by atoms with E-state index in [0.29, 0.717) is 31.3 Å². The van der Waals surface area contributed by atoms with E-state index in [-0.39, 0.29) is 12.5 Å². The van der Waals surface area contributed by atoms with E-state index >= 15 is 0 Å². The number of likely N-dealkylation sites (N-methyl/N-ethyl adjacent to an activating group) is 1. The van der Waals surface area contributed by atoms with Gasteiger partial charge in [-0.05, 0) is 36.3 Å². The molecule has 1 amide bonds. The monoisotopic (exact) mass is 381 g/mol. The van der Waals surface area contributed by atoms with Crippen LogP contribution in [0, 0.1) is 6.92 Å². The van der Waals surface area contributed by atoms with Crippen LogP contribution in [0.15, 0.2) is 48.5 Å². The van der Waals surface area contributed by atoms with E-state index in [9.17, 15) is 9.59 Å². The summed E-state index contributed by atoms with van der Waals surface area (Å²) in [4.78, 5) is 25.6. The molecule has 3 rings (SSSR count). The molecule has 0 saturated carbocycles. The predicted octanol–water partition coefficient (Wildman–Crippen LogP) is 2.98. The molecule has 1 heterocycles. The van der Waals surface area contributed by atoms with Crippen LogP contribution in [0.1, 0.15) is 16.7 Å². The summed E-state index contributed by atoms with van der Waals surface area (Å²) in [5.41, 5.74) is 2.96. The first-order chi connectivity index (χ1) is 13.5. The molecular formula is C22H23NO5. The number of rotatable bonds is 6. The van der Waals surface area contributed by atoms with Gasteiger partial charge in [0.25, 0.3) is 5.91 Å². The Morgan fingerprint density at radius 3 is 2.54 bits per heavy atom. The number of hydrogen-bond acceptors (Lipinski definition) is 5. The fourth-order valence-corrected chi connectivity index (χ4v) is 2.67. The van der Waals surface area contributed by atoms with Crippen LogP contribution in [-0.4, -0.2) is 43.6 Å². The molecule has 0 aliphatic carbocycles. The molecule has 0 unspecified atom stereocenters. The van der Waals surface area contributed by atoms with Crippen LogP contribution >= 0.6 is 0 Å². The molecule has 146 valence electrons. The van der Waals surface area contributed by atoms with Crippen LogP contribution < -0.4 is 9.47 Å². The molecule has 6 heteroatoms. The molecule has 2 aromatic carbocycles. The maximum Gasteiger partial charge on any atom is 0.331 e. The van der Waals surface area contributed by atoms with Gasteiger partial charge in [-0.15, -0.1) is 0 Å². The van der Waals surface area contributed by atoms with Crippen LogP contribution in [0.2, 0.25) is 0 Å². The SMILES string of the molecule is Cc1ccc(CN(C)C(=O)COC(=O)/C=C/c2ccc3c(c2)OCCO3)cc1. The van der Waals surface area contributed by atoms with E-state index in [2.05, 4.69) is 0 Å². The smallest absolute Gasteiger partial charge is 0.331 e. The first-order valence-corrected chi connectivity index (χ1v) is 9.05. The molecule has 0 radical (unpaired) electrons. The van der Waals surface area contributed by atoms with Crippen LogP contribution in [0.4, 0.5) is 0 Å². The number of aryl methyl sites for hydroxylation is 1. The summed E-state index contributed by atoms with van der Waals surface area (Å²) in [5.74, 6) is 0.497. The lowest BCUT2D eigenvalue weighted by molar-refractivity contribution is -0.147. The standard InChI is InChI=1S/C22H23NO5/c1-16-3-5-18(6-4-16)14-23(2)21(24)15-28-22(25)10-8-17-7-9-19-20(13-17)27-12-11-26-19/h3-10,13H,11-12,14-15H2,1-2H3/b10-8+. The van der Waals surface area contributed by atoms with Gasteiger partial charge in [-0.25, -0.2) is 4.79 Å². The Morgan fingerprint density at radius 1 is 1.07 bits per heavy atom. The average Bonchev–Trinajstić information content (AvgIpc) is 2.71. The molecule has 2 aromatic rings. The van der Waals surface area contributed by atoms with Crippen LogP contribution in [0.5, 0.6) is 11.5 Å². The van der Waals surface area contributed by atoms with Crippen molar-refractivity contribution in [2.24, 2.45) is 0 Å². The Labute approximate surface area is 164 Å². The maximum atomic E-state index is 12.1. The van der Waals surface area contributed by atoms with Crippen molar-refractivity contribution in [3.63, 3.8) is 0 Å². The van der Waals surface area contributed by atoms with Gasteiger partial charge in [0.15, 0.2) is 18.1 Å². The Balaban J connectivity index is 1.47. The molecule has 0 atom stereocenters. The van der Waals surface area contributed by atoms with E-state index in [0.717, 1.165) is 16.7 Å². The van der Waals surface area contributed by atoms with E-state index in [1.54, 1.807) is 25.3 Å². The molecule has 1 aliphatic rings. The van der Waals surface area contributed by atoms with Gasteiger partial charge in [-0.3, -0.25) is 4.79 Å². The summed E-state index contributed by atoms with van der Waals surface area (Å²) in [6.07, 6.45) is 2.90. The van der Waals surface area contributed by atoms with Crippen molar-refractivity contribution in [1.29, 1.82) is 0 Å². The third kappa shape index (κ3) is 5.36. The second-order valence-electron chi connectivity index (χ2n) is 6.58. The van der Waals surface area contributed by atoms with E-state index in [1.807, 2.05) is 37.3 Å². The number of fused-ring (bicyclic) bond motifs is 1. The molecule has 0 fully saturated rings. The van der Waals surface area contributed by atoms with Crippen molar-refractivity contribution in [2.75, 3.05) is 26.9 Å². The molecule has 0 aromatic heterocycles. The fraction of sp³-hybridized carbons (Fsp3) is 0.273. The minimum Gasteiger partial charge on any atom is -0.486 e. The molecule has 0 spiro atoms. The third-order valence-electron chi connectivity index (χ3n) is 4.28. The summed E-state index contributed by atoms with van der Waals surface area (Å²) < 4.78 is 16.0. The number of hydrogen-bond donors (Lipinski definition) is 0. The van der Waals surface area contributed by atoms with E-state index in [4.69, 9.17) is 14.2 Å². The topological polar surface area (TPSA) is 65.1 Å². The predicted molar refractivity (Wildman–Crippen MR) is 105 cm³/mol. The molecule has 6 nitrogen and oxygen atoms in total. The number of esters is 1. The molecular weight excluding hydrogens is 358 g/mol. The van der Waals surface area contributed by atoms with E-state index < -0.39 is 5.97 Å². The lowest BCUT2D eigenvalue weighted by atomic mass is 10.1. The zero-order chi connectivity index (χ0) is 19.9. The first kappa shape index (κ1) is 19.5. The third-order valence-corrected chi connectivity index (χ3v) is 4.28. The average molecular weight is 381 g/mol. The van der Waals surface area contributed by atoms with Crippen LogP contribution in [-0.2, 0) is 20.9 Å². The number of ether oxygens (including phenoxy) is 3. The zero-order valence-corrected chi connectivity index (χ0v) is 16.0. The first-order valence-electron chi connectivity index (χ1n) is 9.05. The number of carbonyl (C=O) groups excluding carboxylic acids is 2. The lowest BCUT2D eigenvalue weighted by Gasteiger charge is -2.18. The highest BCUT2D eigenvalue weighted by Gasteiger charge is 2.12. The zero-order valence-electron chi connectivity index (χ0n) is 16.0. The van der Waals surface area contributed by atoms with Crippen molar-refractivity contribution < 1.29 is 23.8 Å². The Bertz CT molecular complexity index is 873. The van der Waals surface area contributed by atoms with Crippen molar-refractivity contribution in [3.8, 4) is 11.5 Å². The van der Waals surface area contributed by atoms with Gasteiger partial charge in [-0.1, -0.05) is 35.9 Å². The van der Waals surface area contributed by atoms with Crippen molar-refractivity contribution in [1.82, 2.24) is 4.90 Å². The summed E-state index contributed by atoms with van der Waals surface area (Å²) >= 11 is 0. The normalized spacial score (nSPS) is 12.6. The van der Waals surface area contributed by atoms with Gasteiger partial charge in [0, 0.05) is 19.7 Å². The summed E-state index contributed by atoms with van der Waals surface area (Å²) in [6.45, 7) is 3.20. The Hall–Kier alpha value is -3.28. The molecule has 28 heavy (non-hydrogen) atoms. The second-order valence-corrected chi connectivity index (χ2v) is 6.58. The van der Waals surface area contributed by atoms with Crippen molar-refractivity contribution in [3.05, 3.63) is 65.2 Å². The second kappa shape index (κ2) is 9.08. The number of carbonyl (C=O) groups is 2. The molecule has 1 aliphatic heterocycles. The minimum absolute atomic E-state index is 0.262. The van der Waals surface area contributed by atoms with Gasteiger partial charge >= 0.3 is 5.97 Å². The quantitative estimate of drug-likeness (QED) is 0.569. The minimum atomic E-state index is -0.577. The van der Waals surface area contributed by atoms with Crippen molar-refractivity contribution in [2.45, 2.75) is 13.5 Å². The van der Waals surface area contributed by atoms with Gasteiger partial charge in [0.05, 0.1) is 0 Å². The number of benzene rings is 2. The lowest BCUT2D eigenvalue weighted by Crippen LogP contribution is -2.30. The Kier molecular flexibility index (Phi) is 6.32. The van der Waals surface area contributed by atoms with Crippen LogP contribution in [0.25, 0.3) is 6.08 Å². The molecule has 0 bridgehead atoms. The van der Waals surface area contributed by atoms with Crippen LogP contribution in [0.3, 0.4) is 0 Å². The number of amides is 1. The summed E-state index contributed by atoms with van der Waals surface area (Å²) in [6, 6.07) is 13.3. The highest BCUT2D eigenvalue weighted by Crippen LogP contribution is 2.31. The number of nitrogens with zero attached hydrogens (tertiary/aromatic N) is 1. The molecule has 0 N–H and O–H groups in total. The van der Waals surface area contributed by atoms with Gasteiger partial charge < -0.3 is 19.1 Å². The van der Waals surface area contributed by atoms with Gasteiger partial charge in [0.1, 0.15) is 13.2 Å². The highest BCUT2D eigenvalue weighted by atomic mass is 16.6. The van der Waals surface area contributed by atoms with Crippen molar-refractivity contribution >= 4 is 18.0 Å². The molecule has 0 saturated heterocycles. The summed E-state index contributed by atoms with van der Waals surface area (Å²) in [5, 5.41) is 0. The van der Waals surface area contributed by atoms with E-state index in [1.165, 1.54) is 11.0 Å². The highest BCUT2D eigenvalue weighted by molar-refractivity contribution is 5.89. The fourth-order valence-electron chi connectivity index (χ4n) is 2.67. The summed E-state index contributed by atoms with van der Waals surface area (Å²) in [7, 11) is 1.68.